The van der Waals surface area contributed by atoms with E-state index in [1.807, 2.05) is 0 Å². The zero-order valence-corrected chi connectivity index (χ0v) is 10.8. The van der Waals surface area contributed by atoms with Gasteiger partial charge in [-0.15, -0.1) is 0 Å². The fraction of sp³-hybridized carbons (Fsp3) is 0.714. The van der Waals surface area contributed by atoms with E-state index in [1.165, 1.54) is 16.0 Å². The van der Waals surface area contributed by atoms with Crippen molar-refractivity contribution in [3.63, 3.8) is 0 Å². The van der Waals surface area contributed by atoms with E-state index in [1.54, 1.807) is 0 Å². The average Bonchev–Trinajstić information content (AvgIpc) is 2.28. The van der Waals surface area contributed by atoms with Gasteiger partial charge < -0.3 is 0 Å². The number of carbonyl (C=O) groups is 2. The monoisotopic (exact) mass is 235 g/mol. The highest BCUT2D eigenvalue weighted by atomic mass is 16.2. The minimum Gasteiger partial charge on any atom is -0.282 e. The Balaban J connectivity index is 1.97. The summed E-state index contributed by atoms with van der Waals surface area (Å²) in [5.41, 5.74) is 2.93. The van der Waals surface area contributed by atoms with Gasteiger partial charge in [-0.05, 0) is 45.4 Å². The van der Waals surface area contributed by atoms with Crippen molar-refractivity contribution in [2.75, 3.05) is 6.54 Å². The van der Waals surface area contributed by atoms with Crippen LogP contribution in [-0.4, -0.2) is 23.3 Å². The first-order valence-electron chi connectivity index (χ1n) is 6.56. The number of imide groups is 1. The summed E-state index contributed by atoms with van der Waals surface area (Å²) in [6.45, 7) is 4.99. The predicted molar refractivity (Wildman–Crippen MR) is 66.3 cm³/mol. The zero-order valence-electron chi connectivity index (χ0n) is 10.8. The first kappa shape index (κ1) is 12.3. The molecule has 2 aliphatic rings. The van der Waals surface area contributed by atoms with Crippen LogP contribution in [-0.2, 0) is 9.59 Å². The number of carbonyl (C=O) groups excluding carboxylic acids is 2. The van der Waals surface area contributed by atoms with Crippen LogP contribution in [0.2, 0.25) is 0 Å². The Morgan fingerprint density at radius 1 is 1.06 bits per heavy atom. The Hall–Kier alpha value is -1.12. The molecule has 2 rings (SSSR count). The molecule has 0 spiro atoms. The molecular formula is C14H21NO2. The maximum absolute atomic E-state index is 11.7. The highest BCUT2D eigenvalue weighted by molar-refractivity contribution is 5.97. The van der Waals surface area contributed by atoms with Crippen LogP contribution < -0.4 is 0 Å². The summed E-state index contributed by atoms with van der Waals surface area (Å²) in [5, 5.41) is 0. The number of rotatable bonds is 2. The standard InChI is InChI=1S/C14H21NO2/c1-10-6-7-12(8-11(10)2)9-15-13(16)4-3-5-14(15)17/h12H,3-9H2,1-2H3. The Morgan fingerprint density at radius 2 is 1.71 bits per heavy atom. The average molecular weight is 235 g/mol. The van der Waals surface area contributed by atoms with Gasteiger partial charge in [-0.25, -0.2) is 0 Å². The molecule has 1 heterocycles. The Kier molecular flexibility index (Phi) is 3.65. The molecule has 0 aromatic rings. The fourth-order valence-corrected chi connectivity index (χ4v) is 2.76. The smallest absolute Gasteiger partial charge is 0.229 e. The number of allylic oxidation sites excluding steroid dienone is 2. The third-order valence-electron chi connectivity index (χ3n) is 4.08. The molecule has 3 heteroatoms. The van der Waals surface area contributed by atoms with Crippen LogP contribution in [0.3, 0.4) is 0 Å². The zero-order chi connectivity index (χ0) is 12.4. The highest BCUT2D eigenvalue weighted by Crippen LogP contribution is 2.30. The topological polar surface area (TPSA) is 37.4 Å². The summed E-state index contributed by atoms with van der Waals surface area (Å²) in [7, 11) is 0. The number of nitrogens with zero attached hydrogens (tertiary/aromatic N) is 1. The van der Waals surface area contributed by atoms with Gasteiger partial charge >= 0.3 is 0 Å². The van der Waals surface area contributed by atoms with E-state index in [0.29, 0.717) is 25.3 Å². The highest BCUT2D eigenvalue weighted by Gasteiger charge is 2.29. The van der Waals surface area contributed by atoms with Crippen LogP contribution in [0, 0.1) is 5.92 Å². The van der Waals surface area contributed by atoms with Crippen LogP contribution in [0.25, 0.3) is 0 Å². The molecule has 1 atom stereocenters. The van der Waals surface area contributed by atoms with E-state index in [0.717, 1.165) is 25.7 Å². The summed E-state index contributed by atoms with van der Waals surface area (Å²) in [5.74, 6) is 0.542. The van der Waals surface area contributed by atoms with Crippen LogP contribution in [0.4, 0.5) is 0 Å². The Labute approximate surface area is 103 Å². The molecule has 3 nitrogen and oxygen atoms in total. The van der Waals surface area contributed by atoms with Crippen molar-refractivity contribution in [3.05, 3.63) is 11.1 Å². The third kappa shape index (κ3) is 2.76. The van der Waals surface area contributed by atoms with E-state index in [-0.39, 0.29) is 11.8 Å². The maximum Gasteiger partial charge on any atom is 0.229 e. The van der Waals surface area contributed by atoms with Crippen molar-refractivity contribution in [2.45, 2.75) is 52.4 Å². The molecule has 1 fully saturated rings. The van der Waals surface area contributed by atoms with Crippen molar-refractivity contribution in [2.24, 2.45) is 5.92 Å². The number of hydrogen-bond acceptors (Lipinski definition) is 2. The molecule has 1 aliphatic carbocycles. The Bertz CT molecular complexity index is 354. The largest absolute Gasteiger partial charge is 0.282 e. The molecule has 0 aromatic heterocycles. The molecule has 2 amide bonds. The number of likely N-dealkylation sites (tertiary alicyclic amines) is 1. The summed E-state index contributed by atoms with van der Waals surface area (Å²) >= 11 is 0. The summed E-state index contributed by atoms with van der Waals surface area (Å²) in [4.78, 5) is 24.9. The molecule has 1 aliphatic heterocycles. The Morgan fingerprint density at radius 3 is 2.29 bits per heavy atom. The minimum absolute atomic E-state index is 0.0326. The molecule has 0 aromatic carbocycles. The van der Waals surface area contributed by atoms with Crippen LogP contribution >= 0.6 is 0 Å². The lowest BCUT2D eigenvalue weighted by Crippen LogP contribution is -2.43. The first-order valence-corrected chi connectivity index (χ1v) is 6.56. The molecule has 1 unspecified atom stereocenters. The van der Waals surface area contributed by atoms with Gasteiger partial charge in [0.15, 0.2) is 0 Å². The molecule has 1 saturated heterocycles. The quantitative estimate of drug-likeness (QED) is 0.545. The summed E-state index contributed by atoms with van der Waals surface area (Å²) in [6, 6.07) is 0. The van der Waals surface area contributed by atoms with Gasteiger partial charge in [0.25, 0.3) is 0 Å². The van der Waals surface area contributed by atoms with Gasteiger partial charge in [-0.1, -0.05) is 11.1 Å². The molecule has 0 radical (unpaired) electrons. The van der Waals surface area contributed by atoms with Crippen molar-refractivity contribution in [3.8, 4) is 0 Å². The normalized spacial score (nSPS) is 26.7. The number of piperidine rings is 1. The van der Waals surface area contributed by atoms with Gasteiger partial charge in [-0.3, -0.25) is 14.5 Å². The number of hydrogen-bond donors (Lipinski definition) is 0. The molecule has 0 bridgehead atoms. The second kappa shape index (κ2) is 5.03. The molecule has 0 saturated carbocycles. The van der Waals surface area contributed by atoms with E-state index in [2.05, 4.69) is 13.8 Å². The lowest BCUT2D eigenvalue weighted by atomic mass is 9.84. The first-order chi connectivity index (χ1) is 8.08. The van der Waals surface area contributed by atoms with Gasteiger partial charge in [0.2, 0.25) is 11.8 Å². The third-order valence-corrected chi connectivity index (χ3v) is 4.08. The van der Waals surface area contributed by atoms with Gasteiger partial charge in [0, 0.05) is 19.4 Å². The molecule has 0 N–H and O–H groups in total. The van der Waals surface area contributed by atoms with E-state index >= 15 is 0 Å². The second-order valence-corrected chi connectivity index (χ2v) is 5.42. The number of amides is 2. The second-order valence-electron chi connectivity index (χ2n) is 5.42. The van der Waals surface area contributed by atoms with Crippen molar-refractivity contribution in [1.29, 1.82) is 0 Å². The maximum atomic E-state index is 11.7. The fourth-order valence-electron chi connectivity index (χ4n) is 2.76. The summed E-state index contributed by atoms with van der Waals surface area (Å²) in [6.07, 6.45) is 5.10. The van der Waals surface area contributed by atoms with E-state index in [9.17, 15) is 9.59 Å². The van der Waals surface area contributed by atoms with E-state index in [4.69, 9.17) is 0 Å². The lowest BCUT2D eigenvalue weighted by Gasteiger charge is -2.31. The molecule has 94 valence electrons. The van der Waals surface area contributed by atoms with Crippen LogP contribution in [0.1, 0.15) is 52.4 Å². The van der Waals surface area contributed by atoms with Crippen LogP contribution in [0.15, 0.2) is 11.1 Å². The molecular weight excluding hydrogens is 214 g/mol. The van der Waals surface area contributed by atoms with Gasteiger partial charge in [0.05, 0.1) is 0 Å². The van der Waals surface area contributed by atoms with Crippen LogP contribution in [0.5, 0.6) is 0 Å². The minimum atomic E-state index is 0.0326. The lowest BCUT2D eigenvalue weighted by molar-refractivity contribution is -0.148. The van der Waals surface area contributed by atoms with Gasteiger partial charge in [0.1, 0.15) is 0 Å². The summed E-state index contributed by atoms with van der Waals surface area (Å²) < 4.78 is 0. The predicted octanol–water partition coefficient (Wildman–Crippen LogP) is 2.66. The SMILES string of the molecule is CC1=C(C)CC(CN2C(=O)CCCC2=O)CC1. The van der Waals surface area contributed by atoms with Gasteiger partial charge in [-0.2, -0.15) is 0 Å². The van der Waals surface area contributed by atoms with Crippen molar-refractivity contribution in [1.82, 2.24) is 4.90 Å². The molecule has 17 heavy (non-hydrogen) atoms. The van der Waals surface area contributed by atoms with E-state index < -0.39 is 0 Å². The van der Waals surface area contributed by atoms with Crippen molar-refractivity contribution < 1.29 is 9.59 Å². The van der Waals surface area contributed by atoms with Crippen molar-refractivity contribution >= 4 is 11.8 Å².